The number of alkyl halides is 3. The molecule has 0 unspecified atom stereocenters. The van der Waals surface area contributed by atoms with Crippen LogP contribution in [0.1, 0.15) is 24.0 Å². The van der Waals surface area contributed by atoms with Crippen molar-refractivity contribution in [3.63, 3.8) is 0 Å². The number of benzene rings is 1. The molecule has 0 bridgehead atoms. The molecule has 1 saturated heterocycles. The topological polar surface area (TPSA) is 65.0 Å². The highest BCUT2D eigenvalue weighted by molar-refractivity contribution is 14.0. The van der Waals surface area contributed by atoms with E-state index in [2.05, 4.69) is 22.4 Å². The molecule has 1 N–H and O–H groups in total. The maximum Gasteiger partial charge on any atom is 0.511 e. The van der Waals surface area contributed by atoms with E-state index in [1.54, 1.807) is 7.05 Å². The van der Waals surface area contributed by atoms with Gasteiger partial charge in [0.15, 0.2) is 5.96 Å². The van der Waals surface area contributed by atoms with Crippen molar-refractivity contribution < 1.29 is 21.6 Å². The van der Waals surface area contributed by atoms with Crippen LogP contribution < -0.4 is 5.32 Å². The Morgan fingerprint density at radius 2 is 1.79 bits per heavy atom. The van der Waals surface area contributed by atoms with Gasteiger partial charge in [-0.2, -0.15) is 17.5 Å². The number of aryl methyl sites for hydroxylation is 1. The fourth-order valence-electron chi connectivity index (χ4n) is 3.16. The summed E-state index contributed by atoms with van der Waals surface area (Å²) in [6, 6.07) is 8.19. The van der Waals surface area contributed by atoms with Crippen molar-refractivity contribution in [2.24, 2.45) is 10.9 Å². The van der Waals surface area contributed by atoms with E-state index in [9.17, 15) is 21.6 Å². The van der Waals surface area contributed by atoms with Crippen LogP contribution in [0.15, 0.2) is 29.3 Å². The van der Waals surface area contributed by atoms with Gasteiger partial charge >= 0.3 is 15.5 Å². The number of sulfonamides is 1. The van der Waals surface area contributed by atoms with Crippen LogP contribution >= 0.6 is 24.0 Å². The van der Waals surface area contributed by atoms with Crippen LogP contribution in [0.3, 0.4) is 0 Å². The molecule has 1 aliphatic heterocycles. The van der Waals surface area contributed by atoms with Gasteiger partial charge in [-0.15, -0.1) is 24.0 Å². The fraction of sp³-hybridized carbons (Fsp3) is 0.611. The zero-order valence-corrected chi connectivity index (χ0v) is 19.9. The maximum absolute atomic E-state index is 12.6. The molecule has 0 saturated carbocycles. The number of guanidine groups is 1. The molecule has 0 aromatic heterocycles. The van der Waals surface area contributed by atoms with Crippen LogP contribution in [-0.2, 0) is 16.6 Å². The van der Waals surface area contributed by atoms with Gasteiger partial charge < -0.3 is 10.2 Å². The van der Waals surface area contributed by atoms with Crippen molar-refractivity contribution in [1.29, 1.82) is 0 Å². The summed E-state index contributed by atoms with van der Waals surface area (Å²) in [5.74, 6) is 0.773. The second kappa shape index (κ2) is 10.8. The lowest BCUT2D eigenvalue weighted by Crippen LogP contribution is -2.47. The normalized spacial score (nSPS) is 17.0. The van der Waals surface area contributed by atoms with E-state index in [-0.39, 0.29) is 43.0 Å². The van der Waals surface area contributed by atoms with E-state index in [0.717, 1.165) is 5.56 Å². The average Bonchev–Trinajstić information content (AvgIpc) is 2.63. The monoisotopic (exact) mass is 548 g/mol. The van der Waals surface area contributed by atoms with Gasteiger partial charge in [0.25, 0.3) is 0 Å². The van der Waals surface area contributed by atoms with Crippen molar-refractivity contribution in [3.05, 3.63) is 35.4 Å². The van der Waals surface area contributed by atoms with Crippen molar-refractivity contribution >= 4 is 40.0 Å². The highest BCUT2D eigenvalue weighted by Crippen LogP contribution is 2.30. The molecular weight excluding hydrogens is 520 g/mol. The second-order valence-corrected chi connectivity index (χ2v) is 8.99. The lowest BCUT2D eigenvalue weighted by molar-refractivity contribution is -0.0496. The molecule has 0 spiro atoms. The molecule has 1 aliphatic rings. The molecule has 29 heavy (non-hydrogen) atoms. The highest BCUT2D eigenvalue weighted by Gasteiger charge is 2.50. The summed E-state index contributed by atoms with van der Waals surface area (Å²) in [4.78, 5) is 6.22. The first-order valence-electron chi connectivity index (χ1n) is 9.08. The summed E-state index contributed by atoms with van der Waals surface area (Å²) in [5.41, 5.74) is -2.91. The van der Waals surface area contributed by atoms with Gasteiger partial charge in [-0.05, 0) is 31.2 Å². The summed E-state index contributed by atoms with van der Waals surface area (Å²) < 4.78 is 61.4. The molecule has 0 radical (unpaired) electrons. The van der Waals surface area contributed by atoms with E-state index in [1.165, 1.54) is 5.56 Å². The number of piperidine rings is 1. The molecular formula is C18H28F3IN4O2S. The van der Waals surface area contributed by atoms with Gasteiger partial charge in [0.05, 0.1) is 0 Å². The van der Waals surface area contributed by atoms with Crippen molar-refractivity contribution in [3.8, 4) is 0 Å². The SMILES string of the molecule is CN=C(NCC1CCN(S(=O)(=O)C(F)(F)F)CC1)N(C)Cc1ccc(C)cc1.I. The second-order valence-electron chi connectivity index (χ2n) is 7.06. The molecule has 1 aromatic rings. The van der Waals surface area contributed by atoms with Crippen LogP contribution in [0.2, 0.25) is 0 Å². The van der Waals surface area contributed by atoms with Crippen LogP contribution in [-0.4, -0.2) is 62.8 Å². The predicted octanol–water partition coefficient (Wildman–Crippen LogP) is 3.18. The first kappa shape index (κ1) is 26.0. The fourth-order valence-corrected chi connectivity index (χ4v) is 4.15. The molecule has 6 nitrogen and oxygen atoms in total. The predicted molar refractivity (Wildman–Crippen MR) is 119 cm³/mol. The summed E-state index contributed by atoms with van der Waals surface area (Å²) in [7, 11) is -1.65. The van der Waals surface area contributed by atoms with Gasteiger partial charge in [-0.1, -0.05) is 29.8 Å². The standard InChI is InChI=1S/C18H27F3N4O2S.HI/c1-14-4-6-16(7-5-14)13-24(3)17(22-2)23-12-15-8-10-25(11-9-15)28(26,27)18(19,20)21;/h4-7,15H,8-13H2,1-3H3,(H,22,23);1H. The zero-order valence-electron chi connectivity index (χ0n) is 16.7. The Bertz CT molecular complexity index is 777. The number of rotatable bonds is 5. The summed E-state index contributed by atoms with van der Waals surface area (Å²) in [6.07, 6.45) is 0.752. The van der Waals surface area contributed by atoms with Crippen LogP contribution in [0, 0.1) is 12.8 Å². The molecule has 0 atom stereocenters. The van der Waals surface area contributed by atoms with Gasteiger partial charge in [-0.25, -0.2) is 8.42 Å². The van der Waals surface area contributed by atoms with Crippen molar-refractivity contribution in [2.45, 2.75) is 31.8 Å². The molecule has 1 heterocycles. The van der Waals surface area contributed by atoms with Crippen molar-refractivity contribution in [1.82, 2.24) is 14.5 Å². The molecule has 0 aliphatic carbocycles. The minimum atomic E-state index is -5.24. The molecule has 1 fully saturated rings. The molecule has 1 aromatic carbocycles. The zero-order chi connectivity index (χ0) is 20.9. The first-order valence-corrected chi connectivity index (χ1v) is 10.5. The minimum absolute atomic E-state index is 0. The minimum Gasteiger partial charge on any atom is -0.356 e. The first-order chi connectivity index (χ1) is 13.0. The Balaban J connectivity index is 0.00000420. The number of aliphatic imine (C=N–C) groups is 1. The molecule has 11 heteroatoms. The van der Waals surface area contributed by atoms with E-state index >= 15 is 0 Å². The lowest BCUT2D eigenvalue weighted by Gasteiger charge is -2.32. The highest BCUT2D eigenvalue weighted by atomic mass is 127. The van der Waals surface area contributed by atoms with Gasteiger partial charge in [-0.3, -0.25) is 4.99 Å². The number of halogens is 4. The number of nitrogens with zero attached hydrogens (tertiary/aromatic N) is 3. The largest absolute Gasteiger partial charge is 0.511 e. The Hall–Kier alpha value is -1.08. The average molecular weight is 548 g/mol. The van der Waals surface area contributed by atoms with Gasteiger partial charge in [0.1, 0.15) is 0 Å². The number of hydrogen-bond acceptors (Lipinski definition) is 3. The van der Waals surface area contributed by atoms with Crippen LogP contribution in [0.5, 0.6) is 0 Å². The summed E-state index contributed by atoms with van der Waals surface area (Å²) in [5, 5.41) is 3.24. The van der Waals surface area contributed by atoms with E-state index in [4.69, 9.17) is 0 Å². The third-order valence-corrected chi connectivity index (χ3v) is 6.50. The Morgan fingerprint density at radius 3 is 2.28 bits per heavy atom. The quantitative estimate of drug-likeness (QED) is 0.349. The maximum atomic E-state index is 12.6. The third kappa shape index (κ3) is 6.99. The third-order valence-electron chi connectivity index (χ3n) is 4.87. The van der Waals surface area contributed by atoms with Gasteiger partial charge in [0, 0.05) is 40.3 Å². The van der Waals surface area contributed by atoms with E-state index < -0.39 is 15.5 Å². The smallest absolute Gasteiger partial charge is 0.356 e. The number of hydrogen-bond donors (Lipinski definition) is 1. The Kier molecular flexibility index (Phi) is 9.67. The van der Waals surface area contributed by atoms with E-state index in [1.807, 2.05) is 31.0 Å². The van der Waals surface area contributed by atoms with E-state index in [0.29, 0.717) is 36.2 Å². The molecule has 166 valence electrons. The number of nitrogens with one attached hydrogen (secondary N) is 1. The summed E-state index contributed by atoms with van der Waals surface area (Å²) >= 11 is 0. The van der Waals surface area contributed by atoms with Crippen molar-refractivity contribution in [2.75, 3.05) is 33.7 Å². The van der Waals surface area contributed by atoms with Gasteiger partial charge in [0.2, 0.25) is 0 Å². The molecule has 2 rings (SSSR count). The van der Waals surface area contributed by atoms with Crippen LogP contribution in [0.4, 0.5) is 13.2 Å². The molecule has 0 amide bonds. The summed E-state index contributed by atoms with van der Waals surface area (Å²) in [6.45, 7) is 2.99. The Labute approximate surface area is 187 Å². The lowest BCUT2D eigenvalue weighted by atomic mass is 9.98. The Morgan fingerprint density at radius 1 is 1.24 bits per heavy atom. The van der Waals surface area contributed by atoms with Crippen LogP contribution in [0.25, 0.3) is 0 Å².